The average molecular weight is 298 g/mol. The van der Waals surface area contributed by atoms with E-state index in [0.717, 1.165) is 12.0 Å². The first-order chi connectivity index (χ1) is 9.29. The fourth-order valence-electron chi connectivity index (χ4n) is 2.14. The van der Waals surface area contributed by atoms with Crippen molar-refractivity contribution >= 4 is 15.9 Å². The van der Waals surface area contributed by atoms with Crippen LogP contribution in [-0.4, -0.2) is 33.6 Å². The minimum Gasteiger partial charge on any atom is -0.379 e. The van der Waals surface area contributed by atoms with Gasteiger partial charge in [0.25, 0.3) is 5.91 Å². The van der Waals surface area contributed by atoms with Crippen molar-refractivity contribution < 1.29 is 17.9 Å². The number of carbonyl (C=O) groups is 1. The van der Waals surface area contributed by atoms with Gasteiger partial charge in [0.1, 0.15) is 0 Å². The zero-order valence-electron chi connectivity index (χ0n) is 11.5. The molecule has 7 heteroatoms. The van der Waals surface area contributed by atoms with Crippen molar-refractivity contribution in [1.29, 1.82) is 0 Å². The van der Waals surface area contributed by atoms with E-state index < -0.39 is 10.0 Å². The molecule has 20 heavy (non-hydrogen) atoms. The van der Waals surface area contributed by atoms with Crippen LogP contribution in [0.1, 0.15) is 27.9 Å². The molecule has 1 aromatic carbocycles. The normalized spacial score (nSPS) is 19.1. The van der Waals surface area contributed by atoms with Gasteiger partial charge in [0.2, 0.25) is 10.0 Å². The Kier molecular flexibility index (Phi) is 4.12. The summed E-state index contributed by atoms with van der Waals surface area (Å²) in [6, 6.07) is 2.77. The van der Waals surface area contributed by atoms with E-state index in [-0.39, 0.29) is 16.8 Å². The molecule has 2 rings (SSSR count). The van der Waals surface area contributed by atoms with Crippen molar-refractivity contribution in [2.45, 2.75) is 31.2 Å². The molecule has 1 aliphatic rings. The average Bonchev–Trinajstić information content (AvgIpc) is 2.83. The number of hydrogen-bond donors (Lipinski definition) is 2. The smallest absolute Gasteiger partial charge is 0.251 e. The molecule has 1 amide bonds. The number of ether oxygens (including phenoxy) is 1. The molecular weight excluding hydrogens is 280 g/mol. The van der Waals surface area contributed by atoms with Gasteiger partial charge in [-0.3, -0.25) is 4.79 Å². The SMILES string of the molecule is Cc1cc(S(N)(=O)=O)cc(C(=O)NC2CCOC2)c1C. The first-order valence-corrected chi connectivity index (χ1v) is 7.86. The standard InChI is InChI=1S/C13H18N2O4S/c1-8-5-11(20(14,17)18)6-12(9(8)2)13(16)15-10-3-4-19-7-10/h5-6,10H,3-4,7H2,1-2H3,(H,15,16)(H2,14,17,18). The highest BCUT2D eigenvalue weighted by molar-refractivity contribution is 7.89. The van der Waals surface area contributed by atoms with Gasteiger partial charge in [-0.1, -0.05) is 0 Å². The highest BCUT2D eigenvalue weighted by Crippen LogP contribution is 2.19. The molecule has 1 unspecified atom stereocenters. The number of primary sulfonamides is 1. The Morgan fingerprint density at radius 2 is 2.10 bits per heavy atom. The third kappa shape index (κ3) is 3.17. The van der Waals surface area contributed by atoms with Gasteiger partial charge in [0.05, 0.1) is 17.5 Å². The summed E-state index contributed by atoms with van der Waals surface area (Å²) in [5, 5.41) is 7.97. The Morgan fingerprint density at radius 1 is 1.40 bits per heavy atom. The number of benzene rings is 1. The summed E-state index contributed by atoms with van der Waals surface area (Å²) in [6.07, 6.45) is 0.763. The van der Waals surface area contributed by atoms with Crippen molar-refractivity contribution in [3.63, 3.8) is 0 Å². The van der Waals surface area contributed by atoms with Gasteiger partial charge in [0, 0.05) is 12.2 Å². The largest absolute Gasteiger partial charge is 0.379 e. The summed E-state index contributed by atoms with van der Waals surface area (Å²) >= 11 is 0. The third-order valence-electron chi connectivity index (χ3n) is 3.48. The maximum atomic E-state index is 12.3. The van der Waals surface area contributed by atoms with Crippen LogP contribution in [0, 0.1) is 13.8 Å². The fraction of sp³-hybridized carbons (Fsp3) is 0.462. The van der Waals surface area contributed by atoms with E-state index in [9.17, 15) is 13.2 Å². The first kappa shape index (κ1) is 15.0. The van der Waals surface area contributed by atoms with E-state index in [1.165, 1.54) is 12.1 Å². The first-order valence-electron chi connectivity index (χ1n) is 6.31. The summed E-state index contributed by atoms with van der Waals surface area (Å²) in [5.74, 6) is -0.299. The van der Waals surface area contributed by atoms with E-state index in [1.54, 1.807) is 13.8 Å². The molecule has 110 valence electrons. The molecule has 0 saturated carbocycles. The molecule has 1 aromatic rings. The Bertz CT molecular complexity index is 634. The van der Waals surface area contributed by atoms with Crippen molar-refractivity contribution in [3.05, 3.63) is 28.8 Å². The lowest BCUT2D eigenvalue weighted by atomic mass is 10.0. The number of amides is 1. The summed E-state index contributed by atoms with van der Waals surface area (Å²) in [5.41, 5.74) is 1.79. The summed E-state index contributed by atoms with van der Waals surface area (Å²) in [7, 11) is -3.83. The Hall–Kier alpha value is -1.44. The van der Waals surface area contributed by atoms with E-state index in [4.69, 9.17) is 9.88 Å². The molecule has 0 bridgehead atoms. The van der Waals surface area contributed by atoms with Crippen LogP contribution in [0.3, 0.4) is 0 Å². The van der Waals surface area contributed by atoms with Gasteiger partial charge in [-0.25, -0.2) is 13.6 Å². The van der Waals surface area contributed by atoms with E-state index in [2.05, 4.69) is 5.32 Å². The second-order valence-electron chi connectivity index (χ2n) is 4.99. The number of hydrogen-bond acceptors (Lipinski definition) is 4. The van der Waals surface area contributed by atoms with Crippen LogP contribution in [0.15, 0.2) is 17.0 Å². The molecule has 0 aliphatic carbocycles. The van der Waals surface area contributed by atoms with Gasteiger partial charge in [-0.05, 0) is 43.5 Å². The topological polar surface area (TPSA) is 98.5 Å². The lowest BCUT2D eigenvalue weighted by Crippen LogP contribution is -2.35. The summed E-state index contributed by atoms with van der Waals surface area (Å²) < 4.78 is 28.1. The number of aryl methyl sites for hydroxylation is 1. The van der Waals surface area contributed by atoms with Crippen molar-refractivity contribution in [1.82, 2.24) is 5.32 Å². The molecule has 1 saturated heterocycles. The zero-order valence-corrected chi connectivity index (χ0v) is 12.3. The Labute approximate surface area is 118 Å². The van der Waals surface area contributed by atoms with E-state index >= 15 is 0 Å². The quantitative estimate of drug-likeness (QED) is 0.847. The molecule has 0 radical (unpaired) electrons. The van der Waals surface area contributed by atoms with Crippen molar-refractivity contribution in [3.8, 4) is 0 Å². The molecule has 1 heterocycles. The fourth-order valence-corrected chi connectivity index (χ4v) is 2.76. The van der Waals surface area contributed by atoms with Crippen LogP contribution in [0.5, 0.6) is 0 Å². The van der Waals surface area contributed by atoms with Gasteiger partial charge < -0.3 is 10.1 Å². The number of nitrogens with two attached hydrogens (primary N) is 1. The predicted octanol–water partition coefficient (Wildman–Crippen LogP) is 0.470. The van der Waals surface area contributed by atoms with Crippen LogP contribution < -0.4 is 10.5 Å². The van der Waals surface area contributed by atoms with Crippen LogP contribution in [0.25, 0.3) is 0 Å². The lowest BCUT2D eigenvalue weighted by Gasteiger charge is -2.14. The van der Waals surface area contributed by atoms with Crippen LogP contribution >= 0.6 is 0 Å². The molecule has 6 nitrogen and oxygen atoms in total. The van der Waals surface area contributed by atoms with Crippen LogP contribution in [-0.2, 0) is 14.8 Å². The van der Waals surface area contributed by atoms with Gasteiger partial charge >= 0.3 is 0 Å². The summed E-state index contributed by atoms with van der Waals surface area (Å²) in [6.45, 7) is 4.64. The van der Waals surface area contributed by atoms with E-state index in [1.807, 2.05) is 0 Å². The minimum absolute atomic E-state index is 0.0275. The monoisotopic (exact) mass is 298 g/mol. The van der Waals surface area contributed by atoms with E-state index in [0.29, 0.717) is 24.3 Å². The zero-order chi connectivity index (χ0) is 14.9. The third-order valence-corrected chi connectivity index (χ3v) is 4.37. The number of nitrogens with one attached hydrogen (secondary N) is 1. The highest BCUT2D eigenvalue weighted by Gasteiger charge is 2.21. The lowest BCUT2D eigenvalue weighted by molar-refractivity contribution is 0.0929. The second kappa shape index (κ2) is 5.51. The van der Waals surface area contributed by atoms with Gasteiger partial charge in [0.15, 0.2) is 0 Å². The molecule has 3 N–H and O–H groups in total. The maximum absolute atomic E-state index is 12.3. The number of carbonyl (C=O) groups excluding carboxylic acids is 1. The molecule has 1 fully saturated rings. The minimum atomic E-state index is -3.83. The second-order valence-corrected chi connectivity index (χ2v) is 6.55. The molecule has 0 aromatic heterocycles. The van der Waals surface area contributed by atoms with Crippen molar-refractivity contribution in [2.24, 2.45) is 5.14 Å². The number of rotatable bonds is 3. The molecule has 1 aliphatic heterocycles. The van der Waals surface area contributed by atoms with Gasteiger partial charge in [-0.15, -0.1) is 0 Å². The Morgan fingerprint density at radius 3 is 2.65 bits per heavy atom. The highest BCUT2D eigenvalue weighted by atomic mass is 32.2. The van der Waals surface area contributed by atoms with Crippen LogP contribution in [0.2, 0.25) is 0 Å². The Balaban J connectivity index is 2.34. The molecule has 0 spiro atoms. The predicted molar refractivity (Wildman–Crippen MR) is 74.0 cm³/mol. The number of sulfonamides is 1. The molecular formula is C13H18N2O4S. The maximum Gasteiger partial charge on any atom is 0.251 e. The van der Waals surface area contributed by atoms with Crippen molar-refractivity contribution in [2.75, 3.05) is 13.2 Å². The summed E-state index contributed by atoms with van der Waals surface area (Å²) in [4.78, 5) is 12.2. The van der Waals surface area contributed by atoms with Crippen LogP contribution in [0.4, 0.5) is 0 Å². The molecule has 1 atom stereocenters. The van der Waals surface area contributed by atoms with Gasteiger partial charge in [-0.2, -0.15) is 0 Å².